The zero-order chi connectivity index (χ0) is 13.4. The molecule has 3 heteroatoms. The van der Waals surface area contributed by atoms with Crippen LogP contribution in [0.3, 0.4) is 0 Å². The van der Waals surface area contributed by atoms with Crippen molar-refractivity contribution >= 4 is 37.5 Å². The Labute approximate surface area is 125 Å². The number of rotatable bonds is 2. The highest BCUT2D eigenvalue weighted by Crippen LogP contribution is 2.32. The maximum Gasteiger partial charge on any atom is 0.124 e. The monoisotopic (exact) mass is 331 g/mol. The number of aromatic nitrogens is 1. The molecule has 0 aliphatic carbocycles. The average Bonchev–Trinajstić information content (AvgIpc) is 2.81. The molecule has 96 valence electrons. The smallest absolute Gasteiger partial charge is 0.124 e. The first-order chi connectivity index (χ1) is 9.13. The predicted molar refractivity (Wildman–Crippen MR) is 86.8 cm³/mol. The zero-order valence-electron chi connectivity index (χ0n) is 10.9. The van der Waals surface area contributed by atoms with Crippen molar-refractivity contribution < 1.29 is 0 Å². The summed E-state index contributed by atoms with van der Waals surface area (Å²) in [6.45, 7) is 4.43. The summed E-state index contributed by atoms with van der Waals surface area (Å²) in [6.07, 6.45) is 0. The van der Waals surface area contributed by atoms with E-state index < -0.39 is 0 Å². The Morgan fingerprint density at radius 2 is 1.79 bits per heavy atom. The van der Waals surface area contributed by atoms with Crippen LogP contribution in [-0.4, -0.2) is 4.98 Å². The van der Waals surface area contributed by atoms with Crippen LogP contribution >= 0.6 is 27.3 Å². The summed E-state index contributed by atoms with van der Waals surface area (Å²) in [5.74, 6) is 0.570. The van der Waals surface area contributed by atoms with Crippen LogP contribution in [0, 0.1) is 0 Å². The van der Waals surface area contributed by atoms with Crippen LogP contribution in [0.1, 0.15) is 25.3 Å². The van der Waals surface area contributed by atoms with Gasteiger partial charge in [-0.05, 0) is 29.7 Å². The van der Waals surface area contributed by atoms with Crippen LogP contribution in [0.2, 0.25) is 0 Å². The normalized spacial score (nSPS) is 11.4. The summed E-state index contributed by atoms with van der Waals surface area (Å²) >= 11 is 5.24. The van der Waals surface area contributed by atoms with Crippen molar-refractivity contribution in [2.24, 2.45) is 0 Å². The third kappa shape index (κ3) is 2.58. The SMILES string of the molecule is CC(C)c1ccc(-c2nc3ccc(Br)cc3s2)cc1. The second-order valence-corrected chi connectivity index (χ2v) is 6.85. The predicted octanol–water partition coefficient (Wildman–Crippen LogP) is 5.85. The molecule has 19 heavy (non-hydrogen) atoms. The fraction of sp³-hybridized carbons (Fsp3) is 0.188. The highest BCUT2D eigenvalue weighted by Gasteiger charge is 2.07. The molecular formula is C16H14BrNS. The third-order valence-electron chi connectivity index (χ3n) is 3.17. The summed E-state index contributed by atoms with van der Waals surface area (Å²) < 4.78 is 2.32. The molecule has 0 radical (unpaired) electrons. The molecular weight excluding hydrogens is 318 g/mol. The van der Waals surface area contributed by atoms with Gasteiger partial charge in [0.05, 0.1) is 10.2 Å². The molecule has 0 saturated heterocycles. The quantitative estimate of drug-likeness (QED) is 0.574. The number of fused-ring (bicyclic) bond motifs is 1. The second kappa shape index (κ2) is 5.06. The number of benzene rings is 2. The lowest BCUT2D eigenvalue weighted by molar-refractivity contribution is 0.867. The molecule has 3 rings (SSSR count). The van der Waals surface area contributed by atoms with Gasteiger partial charge in [0, 0.05) is 10.0 Å². The highest BCUT2D eigenvalue weighted by atomic mass is 79.9. The summed E-state index contributed by atoms with van der Waals surface area (Å²) in [6, 6.07) is 14.9. The molecule has 0 N–H and O–H groups in total. The van der Waals surface area contributed by atoms with Crippen LogP contribution < -0.4 is 0 Å². The average molecular weight is 332 g/mol. The molecule has 0 atom stereocenters. The zero-order valence-corrected chi connectivity index (χ0v) is 13.3. The minimum atomic E-state index is 0.570. The molecule has 1 nitrogen and oxygen atoms in total. The van der Waals surface area contributed by atoms with E-state index in [0.717, 1.165) is 15.0 Å². The maximum atomic E-state index is 4.70. The van der Waals surface area contributed by atoms with E-state index >= 15 is 0 Å². The summed E-state index contributed by atoms with van der Waals surface area (Å²) in [5.41, 5.74) is 3.63. The lowest BCUT2D eigenvalue weighted by atomic mass is 10.0. The lowest BCUT2D eigenvalue weighted by Crippen LogP contribution is -1.86. The Morgan fingerprint density at radius 3 is 2.47 bits per heavy atom. The van der Waals surface area contributed by atoms with Crippen molar-refractivity contribution in [1.82, 2.24) is 4.98 Å². The largest absolute Gasteiger partial charge is 0.236 e. The van der Waals surface area contributed by atoms with Gasteiger partial charge in [-0.2, -0.15) is 0 Å². The van der Waals surface area contributed by atoms with Crippen molar-refractivity contribution in [1.29, 1.82) is 0 Å². The van der Waals surface area contributed by atoms with Crippen LogP contribution in [0.5, 0.6) is 0 Å². The highest BCUT2D eigenvalue weighted by molar-refractivity contribution is 9.10. The molecule has 0 amide bonds. The molecule has 0 aliphatic heterocycles. The third-order valence-corrected chi connectivity index (χ3v) is 4.74. The van der Waals surface area contributed by atoms with Gasteiger partial charge in [0.2, 0.25) is 0 Å². The van der Waals surface area contributed by atoms with E-state index in [1.807, 2.05) is 6.07 Å². The van der Waals surface area contributed by atoms with Crippen molar-refractivity contribution in [2.45, 2.75) is 19.8 Å². The Balaban J connectivity index is 2.03. The molecule has 0 fully saturated rings. The minimum Gasteiger partial charge on any atom is -0.236 e. The van der Waals surface area contributed by atoms with Gasteiger partial charge in [0.1, 0.15) is 5.01 Å². The van der Waals surface area contributed by atoms with E-state index in [9.17, 15) is 0 Å². The van der Waals surface area contributed by atoms with Crippen LogP contribution in [0.15, 0.2) is 46.9 Å². The molecule has 0 spiro atoms. The van der Waals surface area contributed by atoms with E-state index in [1.165, 1.54) is 15.8 Å². The van der Waals surface area contributed by atoms with E-state index in [2.05, 4.69) is 66.2 Å². The second-order valence-electron chi connectivity index (χ2n) is 4.91. The Bertz CT molecular complexity index is 713. The Kier molecular flexibility index (Phi) is 3.42. The number of halogens is 1. The van der Waals surface area contributed by atoms with Gasteiger partial charge in [-0.1, -0.05) is 54.0 Å². The van der Waals surface area contributed by atoms with Crippen molar-refractivity contribution in [3.05, 3.63) is 52.5 Å². The molecule has 0 bridgehead atoms. The van der Waals surface area contributed by atoms with Gasteiger partial charge < -0.3 is 0 Å². The molecule has 1 heterocycles. The van der Waals surface area contributed by atoms with Gasteiger partial charge in [-0.25, -0.2) is 4.98 Å². The first-order valence-corrected chi connectivity index (χ1v) is 7.91. The standard InChI is InChI=1S/C16H14BrNS/c1-10(2)11-3-5-12(6-4-11)16-18-14-8-7-13(17)9-15(14)19-16/h3-10H,1-2H3. The lowest BCUT2D eigenvalue weighted by Gasteiger charge is -2.05. The topological polar surface area (TPSA) is 12.9 Å². The van der Waals surface area contributed by atoms with Gasteiger partial charge in [0.25, 0.3) is 0 Å². The number of hydrogen-bond donors (Lipinski definition) is 0. The van der Waals surface area contributed by atoms with Crippen molar-refractivity contribution in [3.63, 3.8) is 0 Å². The van der Waals surface area contributed by atoms with Crippen LogP contribution in [-0.2, 0) is 0 Å². The van der Waals surface area contributed by atoms with Gasteiger partial charge in [-0.3, -0.25) is 0 Å². The summed E-state index contributed by atoms with van der Waals surface area (Å²) in [5, 5.41) is 1.09. The van der Waals surface area contributed by atoms with E-state index in [-0.39, 0.29) is 0 Å². The Morgan fingerprint density at radius 1 is 1.05 bits per heavy atom. The molecule has 0 unspecified atom stereocenters. The minimum absolute atomic E-state index is 0.570. The molecule has 3 aromatic rings. The molecule has 0 aliphatic rings. The van der Waals surface area contributed by atoms with Gasteiger partial charge >= 0.3 is 0 Å². The van der Waals surface area contributed by atoms with Crippen molar-refractivity contribution in [3.8, 4) is 10.6 Å². The summed E-state index contributed by atoms with van der Waals surface area (Å²) in [7, 11) is 0. The first-order valence-electron chi connectivity index (χ1n) is 6.30. The number of hydrogen-bond acceptors (Lipinski definition) is 2. The Hall–Kier alpha value is -1.19. The maximum absolute atomic E-state index is 4.70. The van der Waals surface area contributed by atoms with E-state index in [0.29, 0.717) is 5.92 Å². The van der Waals surface area contributed by atoms with Crippen LogP contribution in [0.4, 0.5) is 0 Å². The number of thiazole rings is 1. The van der Waals surface area contributed by atoms with Gasteiger partial charge in [0.15, 0.2) is 0 Å². The molecule has 1 aromatic heterocycles. The molecule has 0 saturated carbocycles. The van der Waals surface area contributed by atoms with E-state index in [4.69, 9.17) is 4.98 Å². The molecule has 2 aromatic carbocycles. The van der Waals surface area contributed by atoms with Crippen LogP contribution in [0.25, 0.3) is 20.8 Å². The van der Waals surface area contributed by atoms with Gasteiger partial charge in [-0.15, -0.1) is 11.3 Å². The fourth-order valence-corrected chi connectivity index (χ4v) is 3.56. The van der Waals surface area contributed by atoms with E-state index in [1.54, 1.807) is 11.3 Å². The first kappa shape index (κ1) is 12.8. The van der Waals surface area contributed by atoms with Crippen molar-refractivity contribution in [2.75, 3.05) is 0 Å². The fourth-order valence-electron chi connectivity index (χ4n) is 2.03. The number of nitrogens with zero attached hydrogens (tertiary/aromatic N) is 1. The summed E-state index contributed by atoms with van der Waals surface area (Å²) in [4.78, 5) is 4.70.